The van der Waals surface area contributed by atoms with Gasteiger partial charge in [-0.05, 0) is 26.7 Å². The maximum Gasteiger partial charge on any atom is 0.147 e. The summed E-state index contributed by atoms with van der Waals surface area (Å²) < 4.78 is 27.2. The Morgan fingerprint density at radius 1 is 1.40 bits per heavy atom. The van der Waals surface area contributed by atoms with Crippen molar-refractivity contribution in [3.05, 3.63) is 0 Å². The van der Waals surface area contributed by atoms with Crippen LogP contribution in [0.5, 0.6) is 0 Å². The molecule has 0 aromatic heterocycles. The third kappa shape index (κ3) is 10.1. The lowest BCUT2D eigenvalue weighted by atomic mass is 10.2. The largest absolute Gasteiger partial charge is 0.377 e. The van der Waals surface area contributed by atoms with Crippen molar-refractivity contribution in [2.75, 3.05) is 18.6 Å². The predicted molar refractivity (Wildman–Crippen MR) is 61.1 cm³/mol. The van der Waals surface area contributed by atoms with Gasteiger partial charge in [0.1, 0.15) is 9.84 Å². The van der Waals surface area contributed by atoms with E-state index in [0.29, 0.717) is 19.4 Å². The van der Waals surface area contributed by atoms with E-state index in [9.17, 15) is 8.42 Å². The molecule has 0 aliphatic carbocycles. The highest BCUT2D eigenvalue weighted by atomic mass is 32.2. The van der Waals surface area contributed by atoms with Crippen LogP contribution >= 0.6 is 0 Å². The first kappa shape index (κ1) is 14.8. The van der Waals surface area contributed by atoms with Crippen molar-refractivity contribution in [1.82, 2.24) is 5.43 Å². The molecule has 0 aliphatic heterocycles. The number of sulfone groups is 1. The Morgan fingerprint density at radius 2 is 2.00 bits per heavy atom. The van der Waals surface area contributed by atoms with Gasteiger partial charge in [0.25, 0.3) is 0 Å². The normalized spacial score (nSPS) is 14.5. The highest BCUT2D eigenvalue weighted by molar-refractivity contribution is 7.90. The van der Waals surface area contributed by atoms with Gasteiger partial charge in [-0.2, -0.15) is 0 Å². The molecule has 1 atom stereocenters. The molecule has 0 aromatic rings. The summed E-state index contributed by atoms with van der Waals surface area (Å²) in [7, 11) is -2.87. The van der Waals surface area contributed by atoms with Crippen molar-refractivity contribution < 1.29 is 13.2 Å². The smallest absolute Gasteiger partial charge is 0.147 e. The molecule has 0 rings (SSSR count). The van der Waals surface area contributed by atoms with Crippen molar-refractivity contribution in [3.8, 4) is 0 Å². The zero-order valence-electron chi connectivity index (χ0n) is 9.69. The van der Waals surface area contributed by atoms with E-state index in [1.807, 2.05) is 13.8 Å². The van der Waals surface area contributed by atoms with E-state index < -0.39 is 9.84 Å². The molecule has 0 spiro atoms. The van der Waals surface area contributed by atoms with Crippen LogP contribution in [0.3, 0.4) is 0 Å². The lowest BCUT2D eigenvalue weighted by molar-refractivity contribution is 0.0595. The van der Waals surface area contributed by atoms with E-state index in [-0.39, 0.29) is 17.9 Å². The van der Waals surface area contributed by atoms with Gasteiger partial charge in [0.15, 0.2) is 0 Å². The lowest BCUT2D eigenvalue weighted by Gasteiger charge is -2.17. The van der Waals surface area contributed by atoms with E-state index in [0.717, 1.165) is 0 Å². The van der Waals surface area contributed by atoms with Gasteiger partial charge in [-0.15, -0.1) is 0 Å². The van der Waals surface area contributed by atoms with Crippen LogP contribution in [-0.2, 0) is 14.6 Å². The molecule has 5 nitrogen and oxygen atoms in total. The lowest BCUT2D eigenvalue weighted by Crippen LogP contribution is -2.39. The van der Waals surface area contributed by atoms with Crippen LogP contribution in [0.25, 0.3) is 0 Å². The van der Waals surface area contributed by atoms with Gasteiger partial charge < -0.3 is 4.74 Å². The van der Waals surface area contributed by atoms with Crippen LogP contribution in [0.1, 0.15) is 26.7 Å². The molecule has 0 aliphatic rings. The minimum atomic E-state index is -2.87. The summed E-state index contributed by atoms with van der Waals surface area (Å²) in [6, 6.07) is 0.0224. The van der Waals surface area contributed by atoms with Gasteiger partial charge in [-0.3, -0.25) is 11.3 Å². The third-order valence-corrected chi connectivity index (χ3v) is 2.96. The van der Waals surface area contributed by atoms with E-state index in [2.05, 4.69) is 5.43 Å². The number of rotatable bonds is 8. The topological polar surface area (TPSA) is 81.4 Å². The molecule has 0 bridgehead atoms. The Bertz CT molecular complexity index is 252. The van der Waals surface area contributed by atoms with Gasteiger partial charge in [0.2, 0.25) is 0 Å². The van der Waals surface area contributed by atoms with Crippen molar-refractivity contribution in [1.29, 1.82) is 0 Å². The van der Waals surface area contributed by atoms with Crippen molar-refractivity contribution in [2.45, 2.75) is 38.8 Å². The molecule has 0 aromatic carbocycles. The molecule has 15 heavy (non-hydrogen) atoms. The first-order valence-electron chi connectivity index (χ1n) is 5.10. The van der Waals surface area contributed by atoms with Crippen LogP contribution in [0.15, 0.2) is 0 Å². The molecule has 0 fully saturated rings. The molecule has 0 radical (unpaired) electrons. The third-order valence-electron chi connectivity index (χ3n) is 1.93. The van der Waals surface area contributed by atoms with Crippen molar-refractivity contribution in [2.24, 2.45) is 5.84 Å². The van der Waals surface area contributed by atoms with Gasteiger partial charge in [0, 0.05) is 18.1 Å². The second-order valence-corrected chi connectivity index (χ2v) is 6.28. The maximum atomic E-state index is 10.9. The molecule has 0 heterocycles. The highest BCUT2D eigenvalue weighted by Crippen LogP contribution is 2.01. The maximum absolute atomic E-state index is 10.9. The van der Waals surface area contributed by atoms with Gasteiger partial charge in [0.05, 0.1) is 12.7 Å². The fourth-order valence-corrected chi connectivity index (χ4v) is 1.81. The Labute approximate surface area is 92.3 Å². The second kappa shape index (κ2) is 7.16. The zero-order chi connectivity index (χ0) is 11.9. The van der Waals surface area contributed by atoms with E-state index in [1.54, 1.807) is 0 Å². The summed E-state index contributed by atoms with van der Waals surface area (Å²) in [5.74, 6) is 5.53. The molecular formula is C9H22N2O3S. The van der Waals surface area contributed by atoms with E-state index >= 15 is 0 Å². The van der Waals surface area contributed by atoms with Gasteiger partial charge in [-0.1, -0.05) is 0 Å². The van der Waals surface area contributed by atoms with Crippen LogP contribution < -0.4 is 11.3 Å². The molecule has 0 amide bonds. The van der Waals surface area contributed by atoms with Crippen LogP contribution in [0.4, 0.5) is 0 Å². The number of hydrogen-bond acceptors (Lipinski definition) is 5. The number of ether oxygens (including phenoxy) is 1. The van der Waals surface area contributed by atoms with Crippen LogP contribution in [0, 0.1) is 0 Å². The average molecular weight is 238 g/mol. The Balaban J connectivity index is 3.71. The van der Waals surface area contributed by atoms with Crippen molar-refractivity contribution >= 4 is 9.84 Å². The molecular weight excluding hydrogens is 216 g/mol. The molecule has 0 saturated carbocycles. The van der Waals surface area contributed by atoms with Gasteiger partial charge >= 0.3 is 0 Å². The summed E-state index contributed by atoms with van der Waals surface area (Å²) in [6.07, 6.45) is 2.71. The minimum absolute atomic E-state index is 0.0224. The SMILES string of the molecule is CC(C)OCC(CCCS(C)(=O)=O)NN. The van der Waals surface area contributed by atoms with E-state index in [4.69, 9.17) is 10.6 Å². The molecule has 6 heteroatoms. The monoisotopic (exact) mass is 238 g/mol. The Kier molecular flexibility index (Phi) is 7.08. The summed E-state index contributed by atoms with van der Waals surface area (Å²) in [5.41, 5.74) is 2.62. The fourth-order valence-electron chi connectivity index (χ4n) is 1.12. The number of hydrogen-bond donors (Lipinski definition) is 2. The summed E-state index contributed by atoms with van der Waals surface area (Å²) in [5, 5.41) is 0. The summed E-state index contributed by atoms with van der Waals surface area (Å²) in [6.45, 7) is 4.41. The average Bonchev–Trinajstić information content (AvgIpc) is 2.08. The number of nitrogens with one attached hydrogen (secondary N) is 1. The second-order valence-electron chi connectivity index (χ2n) is 4.02. The number of hydrazine groups is 1. The number of nitrogens with two attached hydrogens (primary N) is 1. The summed E-state index contributed by atoms with van der Waals surface area (Å²) in [4.78, 5) is 0. The van der Waals surface area contributed by atoms with Crippen LogP contribution in [0.2, 0.25) is 0 Å². The Hall–Kier alpha value is -0.170. The zero-order valence-corrected chi connectivity index (χ0v) is 10.5. The minimum Gasteiger partial charge on any atom is -0.377 e. The molecule has 1 unspecified atom stereocenters. The Morgan fingerprint density at radius 3 is 2.40 bits per heavy atom. The molecule has 92 valence electrons. The standard InChI is InChI=1S/C9H22N2O3S/c1-8(2)14-7-9(11-10)5-4-6-15(3,12)13/h8-9,11H,4-7,10H2,1-3H3. The highest BCUT2D eigenvalue weighted by Gasteiger charge is 2.09. The first-order chi connectivity index (χ1) is 6.85. The van der Waals surface area contributed by atoms with Crippen molar-refractivity contribution in [3.63, 3.8) is 0 Å². The first-order valence-corrected chi connectivity index (χ1v) is 7.16. The van der Waals surface area contributed by atoms with Gasteiger partial charge in [-0.25, -0.2) is 8.42 Å². The summed E-state index contributed by atoms with van der Waals surface area (Å²) >= 11 is 0. The van der Waals surface area contributed by atoms with Crippen LogP contribution in [-0.4, -0.2) is 39.2 Å². The molecule has 0 saturated heterocycles. The predicted octanol–water partition coefficient (Wildman–Crippen LogP) is 0.0681. The fraction of sp³-hybridized carbons (Fsp3) is 1.00. The quantitative estimate of drug-likeness (QED) is 0.462. The molecule has 3 N–H and O–H groups in total. The van der Waals surface area contributed by atoms with E-state index in [1.165, 1.54) is 6.26 Å².